The van der Waals surface area contributed by atoms with Gasteiger partial charge in [-0.15, -0.1) is 0 Å². The third kappa shape index (κ3) is 5.14. The Morgan fingerprint density at radius 2 is 0.703 bits per heavy atom. The van der Waals surface area contributed by atoms with E-state index < -0.39 is 0 Å². The molecule has 0 fully saturated rings. The fourth-order valence-corrected chi connectivity index (χ4v) is 10.9. The number of rotatable bonds is 5. The molecule has 0 aliphatic rings. The number of hydrogen-bond acceptors (Lipinski definition) is 2. The van der Waals surface area contributed by atoms with E-state index in [-0.39, 0.29) is 0 Å². The first kappa shape index (κ1) is 35.2. The molecule has 0 amide bonds. The molecular formula is C62H37NO. The van der Waals surface area contributed by atoms with E-state index in [1.54, 1.807) is 0 Å². The van der Waals surface area contributed by atoms with Gasteiger partial charge in [0, 0.05) is 38.6 Å². The molecule has 0 atom stereocenters. The quantitative estimate of drug-likeness (QED) is 0.127. The zero-order chi connectivity index (χ0) is 41.9. The molecule has 64 heavy (non-hydrogen) atoms. The van der Waals surface area contributed by atoms with E-state index in [1.807, 2.05) is 0 Å². The summed E-state index contributed by atoms with van der Waals surface area (Å²) in [6.07, 6.45) is 0. The molecule has 2 nitrogen and oxygen atoms in total. The Morgan fingerprint density at radius 3 is 1.30 bits per heavy atom. The van der Waals surface area contributed by atoms with Crippen molar-refractivity contribution in [2.24, 2.45) is 0 Å². The fourth-order valence-electron chi connectivity index (χ4n) is 10.9. The van der Waals surface area contributed by atoms with Crippen molar-refractivity contribution in [3.8, 4) is 22.3 Å². The molecule has 0 spiro atoms. The third-order valence-corrected chi connectivity index (χ3v) is 13.7. The second-order valence-corrected chi connectivity index (χ2v) is 17.2. The van der Waals surface area contributed by atoms with Gasteiger partial charge >= 0.3 is 0 Å². The first-order valence-corrected chi connectivity index (χ1v) is 22.1. The fraction of sp³-hybridized carbons (Fsp3) is 0. The van der Waals surface area contributed by atoms with Crippen LogP contribution in [0.3, 0.4) is 0 Å². The molecule has 0 aliphatic heterocycles. The Morgan fingerprint density at radius 1 is 0.266 bits per heavy atom. The third-order valence-electron chi connectivity index (χ3n) is 13.7. The van der Waals surface area contributed by atoms with E-state index >= 15 is 0 Å². The molecule has 0 saturated carbocycles. The van der Waals surface area contributed by atoms with Crippen LogP contribution in [0, 0.1) is 0 Å². The average molecular weight is 812 g/mol. The number of nitrogens with zero attached hydrogens (tertiary/aromatic N) is 1. The zero-order valence-electron chi connectivity index (χ0n) is 34.7. The Bertz CT molecular complexity index is 4060. The van der Waals surface area contributed by atoms with Crippen molar-refractivity contribution in [3.05, 3.63) is 224 Å². The second kappa shape index (κ2) is 13.5. The van der Waals surface area contributed by atoms with Crippen molar-refractivity contribution < 1.29 is 4.42 Å². The Balaban J connectivity index is 0.956. The first-order chi connectivity index (χ1) is 31.7. The molecule has 0 bridgehead atoms. The molecule has 1 heterocycles. The molecule has 2 heteroatoms. The van der Waals surface area contributed by atoms with Crippen LogP contribution in [0.2, 0.25) is 0 Å². The largest absolute Gasteiger partial charge is 0.455 e. The SMILES string of the molecule is c1ccc2cc(N(c3ccc(-c4c5ccccc5c(-c5ccc6oc7c8cccc9ccc%10cccc(c7c6c5)c%10c98)c5ccccc45)cc3)c3ccc4ccccc4c3)ccc2c1. The molecule has 13 aromatic carbocycles. The molecule has 0 unspecified atom stereocenters. The van der Waals surface area contributed by atoms with Crippen LogP contribution >= 0.6 is 0 Å². The van der Waals surface area contributed by atoms with Crippen molar-refractivity contribution in [3.63, 3.8) is 0 Å². The summed E-state index contributed by atoms with van der Waals surface area (Å²) in [6.45, 7) is 0. The monoisotopic (exact) mass is 811 g/mol. The lowest BCUT2D eigenvalue weighted by molar-refractivity contribution is 0.673. The predicted octanol–water partition coefficient (Wildman–Crippen LogP) is 17.9. The van der Waals surface area contributed by atoms with E-state index in [9.17, 15) is 0 Å². The molecule has 296 valence electrons. The van der Waals surface area contributed by atoms with Gasteiger partial charge < -0.3 is 9.32 Å². The molecule has 1 aromatic heterocycles. The highest BCUT2D eigenvalue weighted by atomic mass is 16.3. The van der Waals surface area contributed by atoms with E-state index in [4.69, 9.17) is 4.42 Å². The van der Waals surface area contributed by atoms with E-state index in [1.165, 1.54) is 103 Å². The van der Waals surface area contributed by atoms with Gasteiger partial charge in [0.15, 0.2) is 0 Å². The highest BCUT2D eigenvalue weighted by molar-refractivity contribution is 6.36. The minimum Gasteiger partial charge on any atom is -0.455 e. The summed E-state index contributed by atoms with van der Waals surface area (Å²) in [5.41, 5.74) is 10.0. The lowest BCUT2D eigenvalue weighted by atomic mass is 9.85. The average Bonchev–Trinajstić information content (AvgIpc) is 3.75. The number of anilines is 3. The molecule has 0 aliphatic carbocycles. The van der Waals surface area contributed by atoms with Gasteiger partial charge in [-0.1, -0.05) is 176 Å². The van der Waals surface area contributed by atoms with E-state index in [0.29, 0.717) is 0 Å². The van der Waals surface area contributed by atoms with Crippen LogP contribution in [0.25, 0.3) is 120 Å². The Labute approximate surface area is 368 Å². The van der Waals surface area contributed by atoms with Crippen LogP contribution in [0.15, 0.2) is 229 Å². The summed E-state index contributed by atoms with van der Waals surface area (Å²) < 4.78 is 6.83. The van der Waals surface area contributed by atoms with Crippen molar-refractivity contribution in [2.75, 3.05) is 4.90 Å². The van der Waals surface area contributed by atoms with Crippen molar-refractivity contribution >= 4 is 114 Å². The van der Waals surface area contributed by atoms with E-state index in [2.05, 4.69) is 229 Å². The summed E-state index contributed by atoms with van der Waals surface area (Å²) >= 11 is 0. The summed E-state index contributed by atoms with van der Waals surface area (Å²) in [5, 5.41) is 19.6. The van der Waals surface area contributed by atoms with Crippen molar-refractivity contribution in [1.29, 1.82) is 0 Å². The maximum absolute atomic E-state index is 6.83. The van der Waals surface area contributed by atoms with Crippen LogP contribution in [-0.2, 0) is 0 Å². The highest BCUT2D eigenvalue weighted by Crippen LogP contribution is 2.48. The van der Waals surface area contributed by atoms with Gasteiger partial charge in [-0.3, -0.25) is 0 Å². The van der Waals surface area contributed by atoms with Gasteiger partial charge in [-0.05, 0) is 135 Å². The van der Waals surface area contributed by atoms with Crippen LogP contribution in [0.4, 0.5) is 17.1 Å². The molecule has 14 rings (SSSR count). The minimum atomic E-state index is 0.905. The minimum absolute atomic E-state index is 0.905. The van der Waals surface area contributed by atoms with Gasteiger partial charge in [0.2, 0.25) is 0 Å². The zero-order valence-corrected chi connectivity index (χ0v) is 34.7. The molecule has 14 aromatic rings. The lowest BCUT2D eigenvalue weighted by Gasteiger charge is -2.26. The van der Waals surface area contributed by atoms with Crippen LogP contribution in [-0.4, -0.2) is 0 Å². The Hall–Kier alpha value is -8.46. The van der Waals surface area contributed by atoms with Gasteiger partial charge in [0.25, 0.3) is 0 Å². The summed E-state index contributed by atoms with van der Waals surface area (Å²) in [6, 6.07) is 82.3. The van der Waals surface area contributed by atoms with Gasteiger partial charge in [0.1, 0.15) is 11.2 Å². The molecule has 0 N–H and O–H groups in total. The first-order valence-electron chi connectivity index (χ1n) is 22.1. The van der Waals surface area contributed by atoms with Gasteiger partial charge in [-0.2, -0.15) is 0 Å². The summed E-state index contributed by atoms with van der Waals surface area (Å²) in [4.78, 5) is 2.38. The molecule has 0 saturated heterocycles. The maximum atomic E-state index is 6.83. The molecular weight excluding hydrogens is 775 g/mol. The number of hydrogen-bond donors (Lipinski definition) is 0. The predicted molar refractivity (Wildman–Crippen MR) is 273 cm³/mol. The summed E-state index contributed by atoms with van der Waals surface area (Å²) in [7, 11) is 0. The maximum Gasteiger partial charge on any atom is 0.143 e. The molecule has 0 radical (unpaired) electrons. The highest BCUT2D eigenvalue weighted by Gasteiger charge is 2.22. The smallest absolute Gasteiger partial charge is 0.143 e. The lowest BCUT2D eigenvalue weighted by Crippen LogP contribution is -2.09. The number of benzene rings is 13. The van der Waals surface area contributed by atoms with Crippen LogP contribution < -0.4 is 4.90 Å². The normalized spacial score (nSPS) is 12.1. The van der Waals surface area contributed by atoms with Crippen molar-refractivity contribution in [1.82, 2.24) is 0 Å². The topological polar surface area (TPSA) is 16.4 Å². The van der Waals surface area contributed by atoms with Crippen LogP contribution in [0.5, 0.6) is 0 Å². The number of fused-ring (bicyclic) bond motifs is 9. The Kier molecular flexibility index (Phi) is 7.43. The standard InChI is InChI=1S/C62H37NO/c1-3-13-43-35-47(32-25-38(43)11-1)63(48-33-26-39-12-2-4-14-44(39)36-48)46-30-27-42(28-31-46)57-49-17-5-7-19-51(49)58(52-20-8-6-18-50(52)57)45-29-34-56-55(37-45)61-53-21-9-15-40-23-24-41-16-10-22-54(62(61)64-56)60(41)59(40)53/h1-37H. The van der Waals surface area contributed by atoms with E-state index in [0.717, 1.165) is 33.6 Å². The summed E-state index contributed by atoms with van der Waals surface area (Å²) in [5.74, 6) is 0. The second-order valence-electron chi connectivity index (χ2n) is 17.2. The number of furan rings is 1. The van der Waals surface area contributed by atoms with Gasteiger partial charge in [-0.25, -0.2) is 0 Å². The van der Waals surface area contributed by atoms with Crippen molar-refractivity contribution in [2.45, 2.75) is 0 Å². The van der Waals surface area contributed by atoms with Crippen LogP contribution in [0.1, 0.15) is 0 Å². The van der Waals surface area contributed by atoms with Gasteiger partial charge in [0.05, 0.1) is 0 Å².